The zero-order valence-electron chi connectivity index (χ0n) is 18.1. The van der Waals surface area contributed by atoms with Crippen molar-refractivity contribution in [3.05, 3.63) is 53.6 Å². The molecule has 0 saturated carbocycles. The second-order valence-corrected chi connectivity index (χ2v) is 7.94. The van der Waals surface area contributed by atoms with E-state index in [0.29, 0.717) is 11.5 Å². The molecule has 1 fully saturated rings. The SMILES string of the molecule is CC(OC(=O)C1CC(=O)N(c2cccc(C(F)(F)F)c2)C1)C(=O)NCc1ccc2c(c1)OCO2. The molecule has 11 heteroatoms. The molecule has 2 amide bonds. The van der Waals surface area contributed by atoms with E-state index in [1.165, 1.54) is 19.1 Å². The average Bonchev–Trinajstić information content (AvgIpc) is 3.43. The van der Waals surface area contributed by atoms with Crippen LogP contribution >= 0.6 is 0 Å². The minimum atomic E-state index is -4.56. The molecule has 0 radical (unpaired) electrons. The molecule has 0 aromatic heterocycles. The summed E-state index contributed by atoms with van der Waals surface area (Å²) in [7, 11) is 0. The van der Waals surface area contributed by atoms with E-state index in [-0.39, 0.29) is 32.0 Å². The third kappa shape index (κ3) is 5.08. The molecule has 8 nitrogen and oxygen atoms in total. The van der Waals surface area contributed by atoms with Gasteiger partial charge in [0, 0.05) is 25.2 Å². The lowest BCUT2D eigenvalue weighted by Gasteiger charge is -2.19. The van der Waals surface area contributed by atoms with Crippen LogP contribution in [0.4, 0.5) is 18.9 Å². The van der Waals surface area contributed by atoms with Crippen LogP contribution in [0.5, 0.6) is 11.5 Å². The van der Waals surface area contributed by atoms with E-state index in [1.54, 1.807) is 18.2 Å². The third-order valence-electron chi connectivity index (χ3n) is 5.51. The van der Waals surface area contributed by atoms with Gasteiger partial charge in [-0.2, -0.15) is 13.2 Å². The number of carbonyl (C=O) groups is 3. The quantitative estimate of drug-likeness (QED) is 0.642. The predicted octanol–water partition coefficient (Wildman–Crippen LogP) is 3.04. The van der Waals surface area contributed by atoms with Gasteiger partial charge in [-0.05, 0) is 42.8 Å². The highest BCUT2D eigenvalue weighted by Crippen LogP contribution is 2.34. The van der Waals surface area contributed by atoms with Crippen molar-refractivity contribution in [1.29, 1.82) is 0 Å². The fraction of sp³-hybridized carbons (Fsp3) is 0.348. The largest absolute Gasteiger partial charge is 0.454 e. The Morgan fingerprint density at radius 3 is 2.71 bits per heavy atom. The number of halogens is 3. The number of alkyl halides is 3. The lowest BCUT2D eigenvalue weighted by atomic mass is 10.1. The standard InChI is InChI=1S/C23H21F3N2O6/c1-13(21(30)27-10-14-5-6-18-19(7-14)33-12-32-18)34-22(31)15-8-20(29)28(11-15)17-4-2-3-16(9-17)23(24,25)26/h2-7,9,13,15H,8,10-12H2,1H3,(H,27,30). The molecular formula is C23H21F3N2O6. The van der Waals surface area contributed by atoms with Crippen LogP contribution in [0, 0.1) is 5.92 Å². The van der Waals surface area contributed by atoms with Gasteiger partial charge in [-0.25, -0.2) is 0 Å². The first-order valence-corrected chi connectivity index (χ1v) is 10.5. The smallest absolute Gasteiger partial charge is 0.416 e. The normalized spacial score (nSPS) is 18.1. The lowest BCUT2D eigenvalue weighted by Crippen LogP contribution is -2.37. The Bertz CT molecular complexity index is 1120. The first-order chi connectivity index (χ1) is 16.1. The van der Waals surface area contributed by atoms with Crippen molar-refractivity contribution in [2.45, 2.75) is 32.2 Å². The summed E-state index contributed by atoms with van der Waals surface area (Å²) in [6, 6.07) is 9.54. The van der Waals surface area contributed by atoms with Crippen molar-refractivity contribution in [3.63, 3.8) is 0 Å². The van der Waals surface area contributed by atoms with Gasteiger partial charge in [0.05, 0.1) is 11.5 Å². The van der Waals surface area contributed by atoms with Crippen molar-refractivity contribution >= 4 is 23.5 Å². The Morgan fingerprint density at radius 1 is 1.18 bits per heavy atom. The molecule has 1 saturated heterocycles. The molecule has 2 unspecified atom stereocenters. The molecule has 0 aliphatic carbocycles. The Balaban J connectivity index is 1.31. The highest BCUT2D eigenvalue weighted by Gasteiger charge is 2.38. The van der Waals surface area contributed by atoms with E-state index in [9.17, 15) is 27.6 Å². The number of amides is 2. The number of hydrogen-bond acceptors (Lipinski definition) is 6. The summed E-state index contributed by atoms with van der Waals surface area (Å²) in [6.45, 7) is 1.56. The number of ether oxygens (including phenoxy) is 3. The summed E-state index contributed by atoms with van der Waals surface area (Å²) in [4.78, 5) is 38.3. The molecule has 2 heterocycles. The fourth-order valence-electron chi connectivity index (χ4n) is 3.67. The van der Waals surface area contributed by atoms with Crippen LogP contribution in [-0.2, 0) is 31.8 Å². The molecule has 2 aliphatic heterocycles. The molecule has 2 aromatic carbocycles. The Labute approximate surface area is 192 Å². The molecule has 2 aromatic rings. The van der Waals surface area contributed by atoms with Gasteiger partial charge >= 0.3 is 12.1 Å². The maximum absolute atomic E-state index is 13.0. The van der Waals surface area contributed by atoms with Crippen LogP contribution in [-0.4, -0.2) is 37.2 Å². The summed E-state index contributed by atoms with van der Waals surface area (Å²) in [5.74, 6) is -1.52. The summed E-state index contributed by atoms with van der Waals surface area (Å²) in [5.41, 5.74) is -0.0875. The minimum Gasteiger partial charge on any atom is -0.454 e. The highest BCUT2D eigenvalue weighted by atomic mass is 19.4. The van der Waals surface area contributed by atoms with Crippen molar-refractivity contribution < 1.29 is 41.8 Å². The molecule has 2 aliphatic rings. The minimum absolute atomic E-state index is 0.0460. The number of benzene rings is 2. The van der Waals surface area contributed by atoms with E-state index < -0.39 is 41.5 Å². The summed E-state index contributed by atoms with van der Waals surface area (Å²) in [5, 5.41) is 2.65. The second-order valence-electron chi connectivity index (χ2n) is 7.94. The van der Waals surface area contributed by atoms with Crippen molar-refractivity contribution in [1.82, 2.24) is 5.32 Å². The van der Waals surface area contributed by atoms with Gasteiger partial charge in [0.2, 0.25) is 12.7 Å². The van der Waals surface area contributed by atoms with Gasteiger partial charge in [-0.1, -0.05) is 12.1 Å². The number of fused-ring (bicyclic) bond motifs is 1. The van der Waals surface area contributed by atoms with Gasteiger partial charge in [-0.15, -0.1) is 0 Å². The number of hydrogen-bond donors (Lipinski definition) is 1. The van der Waals surface area contributed by atoms with Crippen LogP contribution in [0.3, 0.4) is 0 Å². The van der Waals surface area contributed by atoms with E-state index >= 15 is 0 Å². The van der Waals surface area contributed by atoms with E-state index in [2.05, 4.69) is 5.32 Å². The first kappa shape index (κ1) is 23.4. The number of anilines is 1. The van der Waals surface area contributed by atoms with Crippen LogP contribution in [0.2, 0.25) is 0 Å². The molecule has 1 N–H and O–H groups in total. The zero-order chi connectivity index (χ0) is 24.5. The van der Waals surface area contributed by atoms with Gasteiger partial charge in [0.25, 0.3) is 5.91 Å². The van der Waals surface area contributed by atoms with E-state index in [4.69, 9.17) is 14.2 Å². The second kappa shape index (κ2) is 9.24. The number of rotatable bonds is 6. The van der Waals surface area contributed by atoms with Gasteiger partial charge in [-0.3, -0.25) is 14.4 Å². The number of nitrogens with one attached hydrogen (secondary N) is 1. The van der Waals surface area contributed by atoms with Crippen LogP contribution in [0.1, 0.15) is 24.5 Å². The van der Waals surface area contributed by atoms with Crippen LogP contribution in [0.15, 0.2) is 42.5 Å². The molecule has 180 valence electrons. The average molecular weight is 478 g/mol. The van der Waals surface area contributed by atoms with Gasteiger partial charge in [0.15, 0.2) is 17.6 Å². The lowest BCUT2D eigenvalue weighted by molar-refractivity contribution is -0.158. The van der Waals surface area contributed by atoms with Crippen LogP contribution < -0.4 is 19.7 Å². The summed E-state index contributed by atoms with van der Waals surface area (Å²) < 4.78 is 54.7. The van der Waals surface area contributed by atoms with Gasteiger partial charge < -0.3 is 24.4 Å². The molecule has 0 spiro atoms. The maximum Gasteiger partial charge on any atom is 0.416 e. The highest BCUT2D eigenvalue weighted by molar-refractivity contribution is 5.99. The van der Waals surface area contributed by atoms with Crippen LogP contribution in [0.25, 0.3) is 0 Å². The monoisotopic (exact) mass is 478 g/mol. The fourth-order valence-corrected chi connectivity index (χ4v) is 3.67. The molecule has 0 bridgehead atoms. The Morgan fingerprint density at radius 2 is 1.94 bits per heavy atom. The number of nitrogens with zero attached hydrogens (tertiary/aromatic N) is 1. The maximum atomic E-state index is 13.0. The molecule has 2 atom stereocenters. The van der Waals surface area contributed by atoms with Crippen molar-refractivity contribution in [2.24, 2.45) is 5.92 Å². The van der Waals surface area contributed by atoms with E-state index in [0.717, 1.165) is 22.6 Å². The van der Waals surface area contributed by atoms with Gasteiger partial charge in [0.1, 0.15) is 0 Å². The van der Waals surface area contributed by atoms with Crippen molar-refractivity contribution in [3.8, 4) is 11.5 Å². The summed E-state index contributed by atoms with van der Waals surface area (Å²) in [6.07, 6.45) is -5.90. The topological polar surface area (TPSA) is 94.2 Å². The first-order valence-electron chi connectivity index (χ1n) is 10.5. The molecule has 4 rings (SSSR count). The number of esters is 1. The van der Waals surface area contributed by atoms with E-state index in [1.807, 2.05) is 0 Å². The summed E-state index contributed by atoms with van der Waals surface area (Å²) >= 11 is 0. The number of carbonyl (C=O) groups excluding carboxylic acids is 3. The van der Waals surface area contributed by atoms with Crippen molar-refractivity contribution in [2.75, 3.05) is 18.2 Å². The Kier molecular flexibility index (Phi) is 6.36. The predicted molar refractivity (Wildman–Crippen MR) is 112 cm³/mol. The molecular weight excluding hydrogens is 457 g/mol. The zero-order valence-corrected chi connectivity index (χ0v) is 18.1. The third-order valence-corrected chi connectivity index (χ3v) is 5.51. The Hall–Kier alpha value is -3.76. The molecule has 34 heavy (non-hydrogen) atoms.